The van der Waals surface area contributed by atoms with Crippen LogP contribution in [0.4, 0.5) is 0 Å². The standard InChI is InChI=1S/C7H16O4/c8-6(9)4-2-1-3-5-7(10)11/h6-11H,1-5H2. The second-order valence-electron chi connectivity index (χ2n) is 2.60. The Morgan fingerprint density at radius 1 is 0.636 bits per heavy atom. The summed E-state index contributed by atoms with van der Waals surface area (Å²) in [5.41, 5.74) is 0. The van der Waals surface area contributed by atoms with E-state index in [-0.39, 0.29) is 0 Å². The molecular weight excluding hydrogens is 148 g/mol. The fraction of sp³-hybridized carbons (Fsp3) is 1.00. The van der Waals surface area contributed by atoms with Crippen LogP contribution in [-0.2, 0) is 0 Å². The van der Waals surface area contributed by atoms with Crippen LogP contribution >= 0.6 is 0 Å². The quantitative estimate of drug-likeness (QED) is 0.317. The number of aliphatic hydroxyl groups is 4. The zero-order chi connectivity index (χ0) is 8.69. The minimum Gasteiger partial charge on any atom is -0.368 e. The van der Waals surface area contributed by atoms with E-state index in [1.54, 1.807) is 0 Å². The maximum Gasteiger partial charge on any atom is 0.151 e. The molecule has 0 aliphatic rings. The van der Waals surface area contributed by atoms with Gasteiger partial charge in [0, 0.05) is 0 Å². The Morgan fingerprint density at radius 3 is 1.27 bits per heavy atom. The minimum absolute atomic E-state index is 0.363. The molecule has 4 nitrogen and oxygen atoms in total. The van der Waals surface area contributed by atoms with Gasteiger partial charge in [-0.05, 0) is 25.7 Å². The predicted octanol–water partition coefficient (Wildman–Crippen LogP) is -0.442. The summed E-state index contributed by atoms with van der Waals surface area (Å²) in [4.78, 5) is 0. The lowest BCUT2D eigenvalue weighted by Gasteiger charge is -2.03. The van der Waals surface area contributed by atoms with E-state index in [0.717, 1.165) is 6.42 Å². The van der Waals surface area contributed by atoms with E-state index in [4.69, 9.17) is 20.4 Å². The van der Waals surface area contributed by atoms with Crippen LogP contribution in [0.3, 0.4) is 0 Å². The van der Waals surface area contributed by atoms with Crippen molar-refractivity contribution in [3.05, 3.63) is 0 Å². The highest BCUT2D eigenvalue weighted by Crippen LogP contribution is 2.05. The fourth-order valence-electron chi connectivity index (χ4n) is 0.831. The number of unbranched alkanes of at least 4 members (excludes halogenated alkanes) is 2. The summed E-state index contributed by atoms with van der Waals surface area (Å²) in [5, 5.41) is 33.7. The molecule has 0 bridgehead atoms. The van der Waals surface area contributed by atoms with Gasteiger partial charge >= 0.3 is 0 Å². The van der Waals surface area contributed by atoms with Gasteiger partial charge in [-0.25, -0.2) is 0 Å². The van der Waals surface area contributed by atoms with Crippen LogP contribution in [0.5, 0.6) is 0 Å². The van der Waals surface area contributed by atoms with E-state index in [0.29, 0.717) is 25.7 Å². The molecule has 0 rings (SSSR count). The summed E-state index contributed by atoms with van der Waals surface area (Å²) < 4.78 is 0. The van der Waals surface area contributed by atoms with Crippen molar-refractivity contribution in [1.82, 2.24) is 0 Å². The zero-order valence-corrected chi connectivity index (χ0v) is 6.48. The van der Waals surface area contributed by atoms with Crippen LogP contribution in [0.15, 0.2) is 0 Å². The largest absolute Gasteiger partial charge is 0.368 e. The highest BCUT2D eigenvalue weighted by molar-refractivity contribution is 4.45. The number of rotatable bonds is 6. The van der Waals surface area contributed by atoms with Gasteiger partial charge in [-0.15, -0.1) is 0 Å². The van der Waals surface area contributed by atoms with Gasteiger partial charge in [-0.1, -0.05) is 6.42 Å². The monoisotopic (exact) mass is 164 g/mol. The van der Waals surface area contributed by atoms with Crippen LogP contribution in [0.25, 0.3) is 0 Å². The predicted molar refractivity (Wildman–Crippen MR) is 39.5 cm³/mol. The van der Waals surface area contributed by atoms with Crippen LogP contribution < -0.4 is 0 Å². The number of hydrogen-bond donors (Lipinski definition) is 4. The Bertz CT molecular complexity index is 72.5. The highest BCUT2D eigenvalue weighted by atomic mass is 16.5. The summed E-state index contributed by atoms with van der Waals surface area (Å²) in [6.45, 7) is 0. The molecule has 0 aromatic heterocycles. The highest BCUT2D eigenvalue weighted by Gasteiger charge is 1.99. The summed E-state index contributed by atoms with van der Waals surface area (Å²) in [6.07, 6.45) is 0.496. The van der Waals surface area contributed by atoms with E-state index in [9.17, 15) is 0 Å². The first kappa shape index (κ1) is 10.8. The van der Waals surface area contributed by atoms with Gasteiger partial charge in [-0.3, -0.25) is 0 Å². The van der Waals surface area contributed by atoms with Gasteiger partial charge in [0.25, 0.3) is 0 Å². The fourth-order valence-corrected chi connectivity index (χ4v) is 0.831. The Hall–Kier alpha value is -0.160. The first-order valence-corrected chi connectivity index (χ1v) is 3.85. The van der Waals surface area contributed by atoms with Crippen molar-refractivity contribution < 1.29 is 20.4 Å². The number of hydrogen-bond acceptors (Lipinski definition) is 4. The normalized spacial score (nSPS) is 11.5. The first-order chi connectivity index (χ1) is 5.13. The minimum atomic E-state index is -1.23. The second kappa shape index (κ2) is 6.54. The molecule has 0 fully saturated rings. The van der Waals surface area contributed by atoms with Crippen molar-refractivity contribution in [1.29, 1.82) is 0 Å². The van der Waals surface area contributed by atoms with Crippen LogP contribution in [0.1, 0.15) is 32.1 Å². The van der Waals surface area contributed by atoms with E-state index in [2.05, 4.69) is 0 Å². The molecule has 4 heteroatoms. The first-order valence-electron chi connectivity index (χ1n) is 3.85. The summed E-state index contributed by atoms with van der Waals surface area (Å²) in [5.74, 6) is 0. The van der Waals surface area contributed by atoms with E-state index < -0.39 is 12.6 Å². The average Bonchev–Trinajstić information content (AvgIpc) is 1.85. The van der Waals surface area contributed by atoms with Gasteiger partial charge < -0.3 is 20.4 Å². The van der Waals surface area contributed by atoms with Gasteiger partial charge in [0.1, 0.15) is 0 Å². The Balaban J connectivity index is 2.91. The molecule has 0 aromatic rings. The maximum absolute atomic E-state index is 8.42. The zero-order valence-electron chi connectivity index (χ0n) is 6.48. The summed E-state index contributed by atoms with van der Waals surface area (Å²) in [6, 6.07) is 0. The van der Waals surface area contributed by atoms with Crippen molar-refractivity contribution in [2.24, 2.45) is 0 Å². The molecule has 68 valence electrons. The molecule has 0 saturated heterocycles. The molecule has 11 heavy (non-hydrogen) atoms. The molecule has 0 aliphatic heterocycles. The van der Waals surface area contributed by atoms with Gasteiger partial charge in [0.2, 0.25) is 0 Å². The Labute approximate surface area is 66.1 Å². The SMILES string of the molecule is OC(O)CCCCCC(O)O. The number of aliphatic hydroxyl groups excluding tert-OH is 2. The van der Waals surface area contributed by atoms with Crippen molar-refractivity contribution in [2.75, 3.05) is 0 Å². The lowest BCUT2D eigenvalue weighted by Crippen LogP contribution is -2.05. The van der Waals surface area contributed by atoms with Gasteiger partial charge in [0.15, 0.2) is 12.6 Å². The van der Waals surface area contributed by atoms with Gasteiger partial charge in [0.05, 0.1) is 0 Å². The summed E-state index contributed by atoms with van der Waals surface area (Å²) in [7, 11) is 0. The van der Waals surface area contributed by atoms with Crippen molar-refractivity contribution in [3.8, 4) is 0 Å². The van der Waals surface area contributed by atoms with Crippen molar-refractivity contribution in [2.45, 2.75) is 44.7 Å². The third-order valence-corrected chi connectivity index (χ3v) is 1.42. The average molecular weight is 164 g/mol. The molecule has 0 atom stereocenters. The van der Waals surface area contributed by atoms with E-state index >= 15 is 0 Å². The lowest BCUT2D eigenvalue weighted by molar-refractivity contribution is -0.0509. The van der Waals surface area contributed by atoms with Crippen molar-refractivity contribution in [3.63, 3.8) is 0 Å². The van der Waals surface area contributed by atoms with Gasteiger partial charge in [-0.2, -0.15) is 0 Å². The Morgan fingerprint density at radius 2 is 1.00 bits per heavy atom. The molecule has 0 spiro atoms. The topological polar surface area (TPSA) is 80.9 Å². The summed E-state index contributed by atoms with van der Waals surface area (Å²) >= 11 is 0. The molecule has 0 heterocycles. The molecule has 0 radical (unpaired) electrons. The lowest BCUT2D eigenvalue weighted by atomic mass is 10.1. The smallest absolute Gasteiger partial charge is 0.151 e. The van der Waals surface area contributed by atoms with Crippen LogP contribution in [0.2, 0.25) is 0 Å². The van der Waals surface area contributed by atoms with E-state index in [1.807, 2.05) is 0 Å². The molecular formula is C7H16O4. The molecule has 0 unspecified atom stereocenters. The third-order valence-electron chi connectivity index (χ3n) is 1.42. The third kappa shape index (κ3) is 9.84. The molecule has 0 saturated carbocycles. The van der Waals surface area contributed by atoms with Crippen LogP contribution in [-0.4, -0.2) is 33.0 Å². The Kier molecular flexibility index (Phi) is 6.45. The van der Waals surface area contributed by atoms with Crippen LogP contribution in [0, 0.1) is 0 Å². The molecule has 0 aliphatic carbocycles. The second-order valence-corrected chi connectivity index (χ2v) is 2.60. The van der Waals surface area contributed by atoms with Crippen molar-refractivity contribution >= 4 is 0 Å². The van der Waals surface area contributed by atoms with E-state index in [1.165, 1.54) is 0 Å². The maximum atomic E-state index is 8.42. The molecule has 4 N–H and O–H groups in total. The molecule has 0 amide bonds. The molecule has 0 aromatic carbocycles.